The van der Waals surface area contributed by atoms with E-state index < -0.39 is 20.0 Å². The Morgan fingerprint density at radius 2 is 1.65 bits per heavy atom. The monoisotopic (exact) mass is 331 g/mol. The maximum absolute atomic E-state index is 12.1. The van der Waals surface area contributed by atoms with Gasteiger partial charge in [0.2, 0.25) is 0 Å². The van der Waals surface area contributed by atoms with Crippen LogP contribution in [0, 0.1) is 13.8 Å². The van der Waals surface area contributed by atoms with Gasteiger partial charge in [0.25, 0.3) is 20.0 Å². The summed E-state index contributed by atoms with van der Waals surface area (Å²) in [7, 11) is -8.19. The van der Waals surface area contributed by atoms with Crippen LogP contribution < -0.4 is 4.13 Å². The van der Waals surface area contributed by atoms with Gasteiger partial charge in [0.15, 0.2) is 0 Å². The maximum atomic E-state index is 12.1. The Labute approximate surface area is 122 Å². The molecule has 0 saturated carbocycles. The molecule has 1 heterocycles. The summed E-state index contributed by atoms with van der Waals surface area (Å²) in [6.07, 6.45) is 0. The van der Waals surface area contributed by atoms with Crippen LogP contribution in [0.3, 0.4) is 0 Å². The molecule has 0 atom stereocenters. The summed E-state index contributed by atoms with van der Waals surface area (Å²) >= 11 is 0.981. The highest BCUT2D eigenvalue weighted by Gasteiger charge is 2.25. The maximum Gasteiger partial charge on any atom is 0.263 e. The molecule has 0 aliphatic rings. The minimum atomic E-state index is -4.11. The lowest BCUT2D eigenvalue weighted by Gasteiger charge is -2.07. The molecule has 1 aromatic carbocycles. The molecule has 0 aliphatic carbocycles. The minimum Gasteiger partial charge on any atom is -0.206 e. The Morgan fingerprint density at radius 1 is 0.950 bits per heavy atom. The summed E-state index contributed by atoms with van der Waals surface area (Å²) in [6, 6.07) is 7.49. The average molecular weight is 331 g/mol. The number of rotatable bonds is 4. The van der Waals surface area contributed by atoms with Crippen molar-refractivity contribution in [3.63, 3.8) is 0 Å². The van der Waals surface area contributed by atoms with Gasteiger partial charge in [-0.25, -0.2) is 16.8 Å². The van der Waals surface area contributed by atoms with Gasteiger partial charge >= 0.3 is 0 Å². The molecule has 0 fully saturated rings. The highest BCUT2D eigenvalue weighted by Crippen LogP contribution is 2.21. The van der Waals surface area contributed by atoms with Gasteiger partial charge in [-0.05, 0) is 48.6 Å². The van der Waals surface area contributed by atoms with Crippen molar-refractivity contribution in [2.45, 2.75) is 23.0 Å². The Balaban J connectivity index is 2.38. The zero-order valence-electron chi connectivity index (χ0n) is 10.8. The van der Waals surface area contributed by atoms with E-state index in [2.05, 4.69) is 0 Å². The van der Waals surface area contributed by atoms with Crippen LogP contribution in [0.25, 0.3) is 0 Å². The number of thiophene rings is 1. The molecule has 0 spiro atoms. The highest BCUT2D eigenvalue weighted by atomic mass is 32.3. The molecule has 2 rings (SSSR count). The van der Waals surface area contributed by atoms with Crippen molar-refractivity contribution in [1.82, 2.24) is 4.13 Å². The highest BCUT2D eigenvalue weighted by molar-refractivity contribution is 8.05. The fourth-order valence-electron chi connectivity index (χ4n) is 1.56. The molecule has 1 aromatic heterocycles. The third kappa shape index (κ3) is 3.26. The predicted octanol–water partition coefficient (Wildman–Crippen LogP) is 2.03. The standard InChI is InChI=1S/C12H13NO4S3/c1-9-4-3-5-11(6-9)19(14,15)13-20(16,17)12-7-10(2)8-18-12/h3-8,13H,1-2H3. The van der Waals surface area contributed by atoms with Gasteiger partial charge < -0.3 is 0 Å². The molecule has 20 heavy (non-hydrogen) atoms. The van der Waals surface area contributed by atoms with E-state index in [1.54, 1.807) is 35.5 Å². The van der Waals surface area contributed by atoms with Crippen LogP contribution in [0.4, 0.5) is 0 Å². The summed E-state index contributed by atoms with van der Waals surface area (Å²) in [6.45, 7) is 3.47. The van der Waals surface area contributed by atoms with Gasteiger partial charge in [-0.3, -0.25) is 0 Å². The summed E-state index contributed by atoms with van der Waals surface area (Å²) in [4.78, 5) is -0.0747. The zero-order chi connectivity index (χ0) is 15.0. The van der Waals surface area contributed by atoms with Gasteiger partial charge in [0.05, 0.1) is 4.90 Å². The molecule has 0 saturated heterocycles. The summed E-state index contributed by atoms with van der Waals surface area (Å²) in [5.41, 5.74) is 1.50. The third-order valence-electron chi connectivity index (χ3n) is 2.49. The molecule has 8 heteroatoms. The van der Waals surface area contributed by atoms with Crippen LogP contribution in [0.1, 0.15) is 11.1 Å². The van der Waals surface area contributed by atoms with Crippen LogP contribution >= 0.6 is 11.3 Å². The van der Waals surface area contributed by atoms with Gasteiger partial charge in [-0.2, -0.15) is 0 Å². The van der Waals surface area contributed by atoms with E-state index in [4.69, 9.17) is 0 Å². The first-order valence-corrected chi connectivity index (χ1v) is 9.46. The fourth-order valence-corrected chi connectivity index (χ4v) is 5.95. The molecular formula is C12H13NO4S3. The van der Waals surface area contributed by atoms with E-state index in [1.807, 2.05) is 0 Å². The van der Waals surface area contributed by atoms with E-state index in [0.717, 1.165) is 22.5 Å². The number of sulfonamides is 2. The second-order valence-electron chi connectivity index (χ2n) is 4.35. The van der Waals surface area contributed by atoms with E-state index in [-0.39, 0.29) is 9.10 Å². The quantitative estimate of drug-likeness (QED) is 0.929. The number of nitrogens with one attached hydrogen (secondary N) is 1. The number of aryl methyl sites for hydroxylation is 2. The normalized spacial score (nSPS) is 12.5. The smallest absolute Gasteiger partial charge is 0.206 e. The van der Waals surface area contributed by atoms with E-state index in [0.29, 0.717) is 0 Å². The molecule has 0 unspecified atom stereocenters. The average Bonchev–Trinajstić information content (AvgIpc) is 2.75. The Hall–Kier alpha value is -1.22. The molecule has 5 nitrogen and oxygen atoms in total. The predicted molar refractivity (Wildman–Crippen MR) is 77.7 cm³/mol. The van der Waals surface area contributed by atoms with Crippen molar-refractivity contribution in [2.75, 3.05) is 0 Å². The first kappa shape index (κ1) is 15.2. The molecule has 2 aromatic rings. The second kappa shape index (κ2) is 5.28. The summed E-state index contributed by atoms with van der Waals surface area (Å²) in [5.74, 6) is 0. The van der Waals surface area contributed by atoms with Crippen LogP contribution in [0.2, 0.25) is 0 Å². The topological polar surface area (TPSA) is 80.3 Å². The van der Waals surface area contributed by atoms with Crippen LogP contribution in [-0.2, 0) is 20.0 Å². The van der Waals surface area contributed by atoms with Gasteiger partial charge in [-0.15, -0.1) is 11.3 Å². The van der Waals surface area contributed by atoms with Crippen LogP contribution in [0.5, 0.6) is 0 Å². The van der Waals surface area contributed by atoms with Crippen molar-refractivity contribution in [3.8, 4) is 0 Å². The van der Waals surface area contributed by atoms with Gasteiger partial charge in [0, 0.05) is 0 Å². The van der Waals surface area contributed by atoms with Gasteiger partial charge in [-0.1, -0.05) is 16.3 Å². The molecule has 0 radical (unpaired) electrons. The van der Waals surface area contributed by atoms with Crippen molar-refractivity contribution < 1.29 is 16.8 Å². The summed E-state index contributed by atoms with van der Waals surface area (Å²) in [5, 5.41) is 1.65. The van der Waals surface area contributed by atoms with E-state index in [9.17, 15) is 16.8 Å². The van der Waals surface area contributed by atoms with E-state index >= 15 is 0 Å². The van der Waals surface area contributed by atoms with Crippen LogP contribution in [0.15, 0.2) is 44.8 Å². The molecule has 108 valence electrons. The van der Waals surface area contributed by atoms with Crippen molar-refractivity contribution >= 4 is 31.4 Å². The molecule has 1 N–H and O–H groups in total. The van der Waals surface area contributed by atoms with Crippen molar-refractivity contribution in [1.29, 1.82) is 0 Å². The van der Waals surface area contributed by atoms with Gasteiger partial charge in [0.1, 0.15) is 4.21 Å². The molecule has 0 bridgehead atoms. The zero-order valence-corrected chi connectivity index (χ0v) is 13.3. The fraction of sp³-hybridized carbons (Fsp3) is 0.167. The lowest BCUT2D eigenvalue weighted by molar-refractivity contribution is 0.578. The van der Waals surface area contributed by atoms with Crippen molar-refractivity contribution in [3.05, 3.63) is 46.8 Å². The third-order valence-corrected chi connectivity index (χ3v) is 7.55. The molecule has 0 amide bonds. The second-order valence-corrected chi connectivity index (χ2v) is 9.11. The largest absolute Gasteiger partial charge is 0.263 e. The SMILES string of the molecule is Cc1cccc(S(=O)(=O)NS(=O)(=O)c2cc(C)cs2)c1. The minimum absolute atomic E-state index is 0.0220. The number of hydrogen-bond donors (Lipinski definition) is 1. The van der Waals surface area contributed by atoms with E-state index in [1.165, 1.54) is 18.2 Å². The Kier molecular flexibility index (Phi) is 4.01. The lowest BCUT2D eigenvalue weighted by atomic mass is 10.2. The lowest BCUT2D eigenvalue weighted by Crippen LogP contribution is -2.30. The number of hydrogen-bond acceptors (Lipinski definition) is 5. The van der Waals surface area contributed by atoms with Crippen LogP contribution in [-0.4, -0.2) is 16.8 Å². The first-order chi connectivity index (χ1) is 9.21. The summed E-state index contributed by atoms with van der Waals surface area (Å²) < 4.78 is 50.0. The van der Waals surface area contributed by atoms with Crippen molar-refractivity contribution in [2.24, 2.45) is 0 Å². The Bertz CT molecular complexity index is 835. The molecule has 0 aliphatic heterocycles. The first-order valence-electron chi connectivity index (χ1n) is 5.61. The number of benzene rings is 1. The Morgan fingerprint density at radius 3 is 2.20 bits per heavy atom. The molecular weight excluding hydrogens is 318 g/mol.